The SMILES string of the molecule is CCOC1C(S(N)(=O)=O)CCCN1c1ncc(F)cn1. The molecule has 1 aromatic heterocycles. The summed E-state index contributed by atoms with van der Waals surface area (Å²) < 4.78 is 41.7. The van der Waals surface area contributed by atoms with Gasteiger partial charge in [-0.3, -0.25) is 0 Å². The van der Waals surface area contributed by atoms with Crippen LogP contribution >= 0.6 is 0 Å². The van der Waals surface area contributed by atoms with Gasteiger partial charge in [0.15, 0.2) is 12.0 Å². The highest BCUT2D eigenvalue weighted by Gasteiger charge is 2.39. The zero-order chi connectivity index (χ0) is 14.8. The number of hydrogen-bond acceptors (Lipinski definition) is 6. The van der Waals surface area contributed by atoms with Crippen LogP contribution in [0.3, 0.4) is 0 Å². The predicted octanol–water partition coefficient (Wildman–Crippen LogP) is 0.236. The van der Waals surface area contributed by atoms with E-state index in [0.29, 0.717) is 26.0 Å². The van der Waals surface area contributed by atoms with Crippen molar-refractivity contribution in [3.8, 4) is 0 Å². The van der Waals surface area contributed by atoms with Gasteiger partial charge in [0, 0.05) is 13.2 Å². The topological polar surface area (TPSA) is 98.4 Å². The third-order valence-electron chi connectivity index (χ3n) is 3.14. The van der Waals surface area contributed by atoms with E-state index in [2.05, 4.69) is 9.97 Å². The summed E-state index contributed by atoms with van der Waals surface area (Å²) in [4.78, 5) is 9.36. The van der Waals surface area contributed by atoms with Crippen LogP contribution in [0.5, 0.6) is 0 Å². The lowest BCUT2D eigenvalue weighted by molar-refractivity contribution is 0.0447. The van der Waals surface area contributed by atoms with E-state index >= 15 is 0 Å². The number of ether oxygens (including phenoxy) is 1. The molecule has 2 rings (SSSR count). The first kappa shape index (κ1) is 15.1. The number of primary sulfonamides is 1. The number of nitrogens with two attached hydrogens (primary N) is 1. The Morgan fingerprint density at radius 2 is 2.15 bits per heavy atom. The molecule has 0 radical (unpaired) electrons. The zero-order valence-electron chi connectivity index (χ0n) is 11.1. The minimum atomic E-state index is -3.74. The van der Waals surface area contributed by atoms with E-state index in [4.69, 9.17) is 9.88 Å². The molecule has 1 aromatic rings. The molecule has 20 heavy (non-hydrogen) atoms. The van der Waals surface area contributed by atoms with Crippen molar-refractivity contribution in [1.82, 2.24) is 9.97 Å². The second-order valence-corrected chi connectivity index (χ2v) is 6.29. The van der Waals surface area contributed by atoms with Crippen LogP contribution < -0.4 is 10.0 Å². The van der Waals surface area contributed by atoms with Gasteiger partial charge in [-0.05, 0) is 19.8 Å². The van der Waals surface area contributed by atoms with E-state index in [-0.39, 0.29) is 5.95 Å². The van der Waals surface area contributed by atoms with Gasteiger partial charge in [0.2, 0.25) is 16.0 Å². The highest BCUT2D eigenvalue weighted by atomic mass is 32.2. The van der Waals surface area contributed by atoms with Crippen LogP contribution in [0, 0.1) is 5.82 Å². The van der Waals surface area contributed by atoms with Gasteiger partial charge >= 0.3 is 0 Å². The van der Waals surface area contributed by atoms with Crippen LogP contribution in [0.1, 0.15) is 19.8 Å². The summed E-state index contributed by atoms with van der Waals surface area (Å²) in [6, 6.07) is 0. The molecule has 0 spiro atoms. The van der Waals surface area contributed by atoms with E-state index < -0.39 is 27.3 Å². The molecule has 2 N–H and O–H groups in total. The molecule has 0 aliphatic carbocycles. The number of nitrogens with zero attached hydrogens (tertiary/aromatic N) is 3. The largest absolute Gasteiger partial charge is 0.357 e. The number of sulfonamides is 1. The number of hydrogen-bond donors (Lipinski definition) is 1. The molecule has 2 atom stereocenters. The molecular formula is C11H17FN4O3S. The van der Waals surface area contributed by atoms with Crippen LogP contribution in [0.25, 0.3) is 0 Å². The van der Waals surface area contributed by atoms with Crippen molar-refractivity contribution < 1.29 is 17.5 Å². The Kier molecular flexibility index (Phi) is 4.51. The van der Waals surface area contributed by atoms with Crippen molar-refractivity contribution in [2.45, 2.75) is 31.2 Å². The summed E-state index contributed by atoms with van der Waals surface area (Å²) in [5, 5.41) is 4.42. The summed E-state index contributed by atoms with van der Waals surface area (Å²) in [5.74, 6) is -0.320. The molecule has 7 nitrogen and oxygen atoms in total. The molecular weight excluding hydrogens is 287 g/mol. The summed E-state index contributed by atoms with van der Waals surface area (Å²) in [7, 11) is -3.74. The maximum Gasteiger partial charge on any atom is 0.227 e. The van der Waals surface area contributed by atoms with Crippen molar-refractivity contribution in [1.29, 1.82) is 0 Å². The van der Waals surface area contributed by atoms with Gasteiger partial charge in [0.25, 0.3) is 0 Å². The number of anilines is 1. The Balaban J connectivity index is 2.32. The monoisotopic (exact) mass is 304 g/mol. The first-order valence-corrected chi connectivity index (χ1v) is 7.92. The molecule has 1 saturated heterocycles. The van der Waals surface area contributed by atoms with Crippen molar-refractivity contribution >= 4 is 16.0 Å². The molecule has 1 aliphatic heterocycles. The summed E-state index contributed by atoms with van der Waals surface area (Å²) in [6.07, 6.45) is 2.35. The fraction of sp³-hybridized carbons (Fsp3) is 0.636. The Morgan fingerprint density at radius 3 is 2.70 bits per heavy atom. The van der Waals surface area contributed by atoms with Crippen molar-refractivity contribution in [3.05, 3.63) is 18.2 Å². The van der Waals surface area contributed by atoms with Crippen LogP contribution in [0.4, 0.5) is 10.3 Å². The van der Waals surface area contributed by atoms with E-state index in [9.17, 15) is 12.8 Å². The Morgan fingerprint density at radius 1 is 1.50 bits per heavy atom. The van der Waals surface area contributed by atoms with E-state index in [1.165, 1.54) is 0 Å². The normalized spacial score (nSPS) is 23.9. The lowest BCUT2D eigenvalue weighted by atomic mass is 10.1. The molecule has 1 fully saturated rings. The third kappa shape index (κ3) is 3.22. The lowest BCUT2D eigenvalue weighted by Crippen LogP contribution is -2.55. The average molecular weight is 304 g/mol. The molecule has 2 unspecified atom stereocenters. The summed E-state index contributed by atoms with van der Waals surface area (Å²) >= 11 is 0. The predicted molar refractivity (Wildman–Crippen MR) is 70.9 cm³/mol. The first-order valence-electron chi connectivity index (χ1n) is 6.31. The molecule has 0 saturated carbocycles. The quantitative estimate of drug-likeness (QED) is 0.855. The average Bonchev–Trinajstić information content (AvgIpc) is 2.39. The molecule has 112 valence electrons. The molecule has 9 heteroatoms. The van der Waals surface area contributed by atoms with Crippen molar-refractivity contribution in [2.24, 2.45) is 5.14 Å². The molecule has 2 heterocycles. The van der Waals surface area contributed by atoms with Crippen molar-refractivity contribution in [3.63, 3.8) is 0 Å². The smallest absolute Gasteiger partial charge is 0.227 e. The van der Waals surface area contributed by atoms with Crippen LogP contribution in [-0.4, -0.2) is 43.0 Å². The van der Waals surface area contributed by atoms with Gasteiger partial charge < -0.3 is 9.64 Å². The van der Waals surface area contributed by atoms with Crippen LogP contribution in [0.15, 0.2) is 12.4 Å². The summed E-state index contributed by atoms with van der Waals surface area (Å²) in [6.45, 7) is 2.62. The molecule has 0 aromatic carbocycles. The van der Waals surface area contributed by atoms with Gasteiger partial charge in [-0.25, -0.2) is 27.9 Å². The van der Waals surface area contributed by atoms with Crippen LogP contribution in [-0.2, 0) is 14.8 Å². The van der Waals surface area contributed by atoms with E-state index in [0.717, 1.165) is 12.4 Å². The Labute approximate surface area is 117 Å². The standard InChI is InChI=1S/C11H17FN4O3S/c1-2-19-10-9(20(13,17)18)4-3-5-16(10)11-14-6-8(12)7-15-11/h6-7,9-10H,2-5H2,1H3,(H2,13,17,18). The second-order valence-electron chi connectivity index (χ2n) is 4.51. The number of aromatic nitrogens is 2. The number of rotatable bonds is 4. The number of halogens is 1. The molecule has 0 bridgehead atoms. The van der Waals surface area contributed by atoms with Gasteiger partial charge in [-0.15, -0.1) is 0 Å². The van der Waals surface area contributed by atoms with Crippen LogP contribution in [0.2, 0.25) is 0 Å². The first-order chi connectivity index (χ1) is 9.43. The van der Waals surface area contributed by atoms with Gasteiger partial charge in [0.05, 0.1) is 12.4 Å². The molecule has 1 aliphatic rings. The fourth-order valence-electron chi connectivity index (χ4n) is 2.30. The third-order valence-corrected chi connectivity index (χ3v) is 4.45. The minimum Gasteiger partial charge on any atom is -0.357 e. The number of piperidine rings is 1. The van der Waals surface area contributed by atoms with Gasteiger partial charge in [0.1, 0.15) is 5.25 Å². The lowest BCUT2D eigenvalue weighted by Gasteiger charge is -2.39. The van der Waals surface area contributed by atoms with Crippen molar-refractivity contribution in [2.75, 3.05) is 18.1 Å². The van der Waals surface area contributed by atoms with Gasteiger partial charge in [-0.1, -0.05) is 0 Å². The molecule has 0 amide bonds. The van der Waals surface area contributed by atoms with Gasteiger partial charge in [-0.2, -0.15) is 0 Å². The fourth-order valence-corrected chi connectivity index (χ4v) is 3.34. The maximum absolute atomic E-state index is 12.9. The van der Waals surface area contributed by atoms with E-state index in [1.807, 2.05) is 0 Å². The summed E-state index contributed by atoms with van der Waals surface area (Å²) in [5.41, 5.74) is 0. The highest BCUT2D eigenvalue weighted by molar-refractivity contribution is 7.89. The highest BCUT2D eigenvalue weighted by Crippen LogP contribution is 2.26. The Bertz CT molecular complexity index is 551. The minimum absolute atomic E-state index is 0.234. The second kappa shape index (κ2) is 5.98. The zero-order valence-corrected chi connectivity index (χ0v) is 11.9. The maximum atomic E-state index is 12.9. The van der Waals surface area contributed by atoms with E-state index in [1.54, 1.807) is 11.8 Å². The Hall–Kier alpha value is -1.32.